The van der Waals surface area contributed by atoms with Crippen molar-refractivity contribution in [1.82, 2.24) is 5.32 Å². The number of hydrogen-bond acceptors (Lipinski definition) is 5. The minimum Gasteiger partial charge on any atom is -0.493 e. The summed E-state index contributed by atoms with van der Waals surface area (Å²) in [4.78, 5) is 23.1. The van der Waals surface area contributed by atoms with E-state index in [0.717, 1.165) is 17.7 Å². The lowest BCUT2D eigenvalue weighted by Gasteiger charge is -2.25. The summed E-state index contributed by atoms with van der Waals surface area (Å²) in [6.45, 7) is 4.79. The van der Waals surface area contributed by atoms with Crippen LogP contribution in [0.25, 0.3) is 0 Å². The summed E-state index contributed by atoms with van der Waals surface area (Å²) in [7, 11) is 0. The van der Waals surface area contributed by atoms with Gasteiger partial charge in [-0.1, -0.05) is 18.2 Å². The summed E-state index contributed by atoms with van der Waals surface area (Å²) in [6.07, 6.45) is 0.853. The van der Waals surface area contributed by atoms with E-state index in [-0.39, 0.29) is 29.1 Å². The zero-order valence-corrected chi connectivity index (χ0v) is 15.4. The van der Waals surface area contributed by atoms with Gasteiger partial charge in [0.25, 0.3) is 11.6 Å². The van der Waals surface area contributed by atoms with Gasteiger partial charge in [0, 0.05) is 30.1 Å². The first-order chi connectivity index (χ1) is 12.9. The first-order valence-corrected chi connectivity index (χ1v) is 8.98. The van der Waals surface area contributed by atoms with Gasteiger partial charge < -0.3 is 15.4 Å². The van der Waals surface area contributed by atoms with E-state index in [0.29, 0.717) is 18.8 Å². The van der Waals surface area contributed by atoms with Crippen LogP contribution < -0.4 is 15.4 Å². The van der Waals surface area contributed by atoms with Crippen LogP contribution in [0.4, 0.5) is 11.4 Å². The van der Waals surface area contributed by atoms with Crippen LogP contribution in [0.2, 0.25) is 0 Å². The van der Waals surface area contributed by atoms with Gasteiger partial charge in [-0.05, 0) is 44.0 Å². The smallest absolute Gasteiger partial charge is 0.293 e. The molecule has 0 spiro atoms. The number of carbonyl (C=O) groups is 1. The van der Waals surface area contributed by atoms with Crippen LogP contribution in [0.15, 0.2) is 42.5 Å². The summed E-state index contributed by atoms with van der Waals surface area (Å²) in [5, 5.41) is 17.3. The summed E-state index contributed by atoms with van der Waals surface area (Å²) < 4.78 is 5.76. The highest BCUT2D eigenvalue weighted by molar-refractivity contribution is 5.95. The van der Waals surface area contributed by atoms with Crippen molar-refractivity contribution in [1.29, 1.82) is 0 Å². The van der Waals surface area contributed by atoms with Crippen molar-refractivity contribution in [3.63, 3.8) is 0 Å². The highest BCUT2D eigenvalue weighted by Gasteiger charge is 2.22. The number of rotatable bonds is 6. The molecule has 1 amide bonds. The van der Waals surface area contributed by atoms with Crippen molar-refractivity contribution < 1.29 is 14.5 Å². The Labute approximate surface area is 157 Å². The SMILES string of the molecule is CC(C)NC(=O)c1ccc(NC[C@H]2COc3ccccc3C2)c([N+](=O)[O-])c1. The number of ether oxygens (including phenoxy) is 1. The Bertz CT molecular complexity index is 851. The Morgan fingerprint density at radius 1 is 1.30 bits per heavy atom. The fraction of sp³-hybridized carbons (Fsp3) is 0.350. The van der Waals surface area contributed by atoms with Gasteiger partial charge in [-0.15, -0.1) is 0 Å². The third kappa shape index (κ3) is 4.55. The predicted octanol–water partition coefficient (Wildman–Crippen LogP) is 3.40. The third-order valence-electron chi connectivity index (χ3n) is 4.41. The first kappa shape index (κ1) is 18.7. The van der Waals surface area contributed by atoms with Crippen LogP contribution >= 0.6 is 0 Å². The maximum absolute atomic E-state index is 12.1. The van der Waals surface area contributed by atoms with Crippen molar-refractivity contribution in [2.24, 2.45) is 5.92 Å². The maximum Gasteiger partial charge on any atom is 0.293 e. The molecule has 0 fully saturated rings. The molecule has 2 N–H and O–H groups in total. The van der Waals surface area contributed by atoms with Gasteiger partial charge in [0.2, 0.25) is 0 Å². The zero-order chi connectivity index (χ0) is 19.4. The van der Waals surface area contributed by atoms with Crippen molar-refractivity contribution in [3.8, 4) is 5.75 Å². The lowest BCUT2D eigenvalue weighted by molar-refractivity contribution is -0.384. The highest BCUT2D eigenvalue weighted by Crippen LogP contribution is 2.29. The quantitative estimate of drug-likeness (QED) is 0.601. The molecule has 27 heavy (non-hydrogen) atoms. The molecule has 1 heterocycles. The topological polar surface area (TPSA) is 93.5 Å². The van der Waals surface area contributed by atoms with E-state index in [1.807, 2.05) is 38.1 Å². The standard InChI is InChI=1S/C20H23N3O4/c1-13(2)22-20(24)16-7-8-17(18(10-16)23(25)26)21-11-14-9-15-5-3-4-6-19(15)27-12-14/h3-8,10,13-14,21H,9,11-12H2,1-2H3,(H,22,24)/t14-/m0/s1. The van der Waals surface area contributed by atoms with Crippen LogP contribution in [0.5, 0.6) is 5.75 Å². The molecule has 0 saturated heterocycles. The number of para-hydroxylation sites is 1. The largest absolute Gasteiger partial charge is 0.493 e. The number of nitrogens with one attached hydrogen (secondary N) is 2. The Balaban J connectivity index is 1.69. The van der Waals surface area contributed by atoms with E-state index in [1.165, 1.54) is 6.07 Å². The number of carbonyl (C=O) groups excluding carboxylic acids is 1. The molecule has 2 aromatic carbocycles. The van der Waals surface area contributed by atoms with Crippen LogP contribution in [-0.2, 0) is 6.42 Å². The lowest BCUT2D eigenvalue weighted by Crippen LogP contribution is -2.30. The molecule has 0 aromatic heterocycles. The van der Waals surface area contributed by atoms with Gasteiger partial charge >= 0.3 is 0 Å². The molecule has 0 saturated carbocycles. The Morgan fingerprint density at radius 3 is 2.81 bits per heavy atom. The fourth-order valence-electron chi connectivity index (χ4n) is 3.10. The van der Waals surface area contributed by atoms with E-state index < -0.39 is 4.92 Å². The minimum atomic E-state index is -0.471. The van der Waals surface area contributed by atoms with Gasteiger partial charge in [-0.2, -0.15) is 0 Å². The van der Waals surface area contributed by atoms with E-state index in [9.17, 15) is 14.9 Å². The molecular weight excluding hydrogens is 346 g/mol. The predicted molar refractivity (Wildman–Crippen MR) is 103 cm³/mol. The molecule has 0 aliphatic carbocycles. The van der Waals surface area contributed by atoms with Gasteiger partial charge in [0.1, 0.15) is 11.4 Å². The number of nitro benzene ring substituents is 1. The summed E-state index contributed by atoms with van der Waals surface area (Å²) in [5.41, 5.74) is 1.71. The van der Waals surface area contributed by atoms with Crippen molar-refractivity contribution >= 4 is 17.3 Å². The molecule has 1 aliphatic heterocycles. The van der Waals surface area contributed by atoms with Crippen LogP contribution in [-0.4, -0.2) is 30.0 Å². The molecule has 3 rings (SSSR count). The summed E-state index contributed by atoms with van der Waals surface area (Å²) >= 11 is 0. The second kappa shape index (κ2) is 8.07. The number of anilines is 1. The average Bonchev–Trinajstić information content (AvgIpc) is 2.65. The van der Waals surface area contributed by atoms with E-state index >= 15 is 0 Å². The molecule has 0 bridgehead atoms. The Hall–Kier alpha value is -3.09. The Kier molecular flexibility index (Phi) is 5.59. The zero-order valence-electron chi connectivity index (χ0n) is 15.4. The second-order valence-electron chi connectivity index (χ2n) is 6.99. The molecule has 1 aliphatic rings. The third-order valence-corrected chi connectivity index (χ3v) is 4.41. The Morgan fingerprint density at radius 2 is 2.07 bits per heavy atom. The maximum atomic E-state index is 12.1. The van der Waals surface area contributed by atoms with Crippen LogP contribution in [0, 0.1) is 16.0 Å². The molecule has 7 nitrogen and oxygen atoms in total. The summed E-state index contributed by atoms with van der Waals surface area (Å²) in [6, 6.07) is 12.4. The number of hydrogen-bond donors (Lipinski definition) is 2. The van der Waals surface area contributed by atoms with E-state index in [4.69, 9.17) is 4.74 Å². The highest BCUT2D eigenvalue weighted by atomic mass is 16.6. The normalized spacial score (nSPS) is 15.6. The molecule has 0 unspecified atom stereocenters. The minimum absolute atomic E-state index is 0.0384. The van der Waals surface area contributed by atoms with Gasteiger partial charge in [-0.3, -0.25) is 14.9 Å². The second-order valence-corrected chi connectivity index (χ2v) is 6.99. The van der Waals surface area contributed by atoms with Crippen molar-refractivity contribution in [3.05, 3.63) is 63.7 Å². The fourth-order valence-corrected chi connectivity index (χ4v) is 3.10. The number of nitrogens with zero attached hydrogens (tertiary/aromatic N) is 1. The molecule has 0 radical (unpaired) electrons. The molecular formula is C20H23N3O4. The van der Waals surface area contributed by atoms with Crippen molar-refractivity contribution in [2.75, 3.05) is 18.5 Å². The molecule has 1 atom stereocenters. The average molecular weight is 369 g/mol. The number of fused-ring (bicyclic) bond motifs is 1. The van der Waals surface area contributed by atoms with Gasteiger partial charge in [-0.25, -0.2) is 0 Å². The first-order valence-electron chi connectivity index (χ1n) is 8.98. The molecule has 7 heteroatoms. The number of nitro groups is 1. The number of amides is 1. The lowest BCUT2D eigenvalue weighted by atomic mass is 9.96. The van der Waals surface area contributed by atoms with Crippen molar-refractivity contribution in [2.45, 2.75) is 26.3 Å². The van der Waals surface area contributed by atoms with E-state index in [1.54, 1.807) is 12.1 Å². The van der Waals surface area contributed by atoms with Crippen LogP contribution in [0.1, 0.15) is 29.8 Å². The monoisotopic (exact) mass is 369 g/mol. The van der Waals surface area contributed by atoms with E-state index in [2.05, 4.69) is 10.6 Å². The van der Waals surface area contributed by atoms with Gasteiger partial charge in [0.15, 0.2) is 0 Å². The summed E-state index contributed by atoms with van der Waals surface area (Å²) in [5.74, 6) is 0.792. The van der Waals surface area contributed by atoms with Gasteiger partial charge in [0.05, 0.1) is 11.5 Å². The molecule has 2 aromatic rings. The molecule has 142 valence electrons. The number of benzene rings is 2. The van der Waals surface area contributed by atoms with Crippen LogP contribution in [0.3, 0.4) is 0 Å².